The van der Waals surface area contributed by atoms with Crippen LogP contribution in [-0.4, -0.2) is 21.5 Å². The lowest BCUT2D eigenvalue weighted by atomic mass is 9.94. The monoisotopic (exact) mass is 395 g/mol. The lowest BCUT2D eigenvalue weighted by Crippen LogP contribution is -2.39. The SMILES string of the molecule is Nc1nc(-c2ccccc2)c2n1NC(=O)C(CC(=O)Nc1ccc(Cl)cc1)C2. The van der Waals surface area contributed by atoms with Crippen LogP contribution >= 0.6 is 11.6 Å². The summed E-state index contributed by atoms with van der Waals surface area (Å²) in [5, 5.41) is 3.37. The van der Waals surface area contributed by atoms with E-state index in [1.807, 2.05) is 30.3 Å². The summed E-state index contributed by atoms with van der Waals surface area (Å²) in [6, 6.07) is 16.4. The first kappa shape index (κ1) is 18.1. The highest BCUT2D eigenvalue weighted by Crippen LogP contribution is 2.30. The fourth-order valence-electron chi connectivity index (χ4n) is 3.27. The Morgan fingerprint density at radius 2 is 1.93 bits per heavy atom. The summed E-state index contributed by atoms with van der Waals surface area (Å²) in [6.07, 6.45) is 0.419. The smallest absolute Gasteiger partial charge is 0.242 e. The molecular weight excluding hydrogens is 378 g/mol. The van der Waals surface area contributed by atoms with E-state index in [0.29, 0.717) is 22.8 Å². The van der Waals surface area contributed by atoms with Crippen LogP contribution in [0.15, 0.2) is 54.6 Å². The summed E-state index contributed by atoms with van der Waals surface area (Å²) in [6.45, 7) is 0. The molecule has 2 aromatic carbocycles. The molecule has 7 nitrogen and oxygen atoms in total. The lowest BCUT2D eigenvalue weighted by molar-refractivity contribution is -0.126. The van der Waals surface area contributed by atoms with Gasteiger partial charge in [-0.2, -0.15) is 0 Å². The molecule has 1 aromatic heterocycles. The van der Waals surface area contributed by atoms with Crippen LogP contribution in [0, 0.1) is 5.92 Å². The number of anilines is 2. The number of nitrogen functional groups attached to an aromatic ring is 1. The van der Waals surface area contributed by atoms with E-state index in [1.165, 1.54) is 4.68 Å². The van der Waals surface area contributed by atoms with Gasteiger partial charge in [0.2, 0.25) is 17.8 Å². The van der Waals surface area contributed by atoms with Crippen molar-refractivity contribution in [3.8, 4) is 11.3 Å². The van der Waals surface area contributed by atoms with Crippen molar-refractivity contribution in [3.63, 3.8) is 0 Å². The Morgan fingerprint density at radius 3 is 2.64 bits per heavy atom. The molecule has 0 radical (unpaired) electrons. The molecule has 2 amide bonds. The first-order valence-electron chi connectivity index (χ1n) is 8.80. The highest BCUT2D eigenvalue weighted by molar-refractivity contribution is 6.30. The Morgan fingerprint density at radius 1 is 1.21 bits per heavy atom. The molecule has 3 aromatic rings. The second-order valence-corrected chi connectivity index (χ2v) is 7.04. The number of amides is 2. The van der Waals surface area contributed by atoms with E-state index in [2.05, 4.69) is 15.7 Å². The normalized spacial score (nSPS) is 15.6. The first-order chi connectivity index (χ1) is 13.5. The Bertz CT molecular complexity index is 1030. The molecule has 8 heteroatoms. The number of hydrogen-bond donors (Lipinski definition) is 3. The maximum absolute atomic E-state index is 12.5. The van der Waals surface area contributed by atoms with Crippen LogP contribution in [0.2, 0.25) is 5.02 Å². The van der Waals surface area contributed by atoms with Crippen LogP contribution < -0.4 is 16.5 Å². The molecule has 142 valence electrons. The molecule has 1 aliphatic heterocycles. The van der Waals surface area contributed by atoms with E-state index in [1.54, 1.807) is 24.3 Å². The third-order valence-electron chi connectivity index (χ3n) is 4.64. The Balaban J connectivity index is 1.53. The number of nitrogens with two attached hydrogens (primary N) is 1. The number of halogens is 1. The summed E-state index contributed by atoms with van der Waals surface area (Å²) >= 11 is 5.85. The molecule has 4 N–H and O–H groups in total. The number of aromatic nitrogens is 2. The quantitative estimate of drug-likeness (QED) is 0.631. The number of fused-ring (bicyclic) bond motifs is 1. The van der Waals surface area contributed by atoms with E-state index < -0.39 is 5.92 Å². The van der Waals surface area contributed by atoms with Gasteiger partial charge in [-0.3, -0.25) is 15.0 Å². The van der Waals surface area contributed by atoms with Crippen molar-refractivity contribution in [1.29, 1.82) is 0 Å². The second kappa shape index (κ2) is 7.36. The van der Waals surface area contributed by atoms with Gasteiger partial charge >= 0.3 is 0 Å². The molecule has 1 atom stereocenters. The highest BCUT2D eigenvalue weighted by atomic mass is 35.5. The average Bonchev–Trinajstić information content (AvgIpc) is 3.00. The molecule has 1 unspecified atom stereocenters. The van der Waals surface area contributed by atoms with Crippen molar-refractivity contribution in [3.05, 3.63) is 65.3 Å². The van der Waals surface area contributed by atoms with Crippen molar-refractivity contribution in [1.82, 2.24) is 9.66 Å². The van der Waals surface area contributed by atoms with E-state index in [4.69, 9.17) is 17.3 Å². The second-order valence-electron chi connectivity index (χ2n) is 6.60. The number of carbonyl (C=O) groups excluding carboxylic acids is 2. The van der Waals surface area contributed by atoms with Crippen molar-refractivity contribution in [2.24, 2.45) is 5.92 Å². The van der Waals surface area contributed by atoms with E-state index >= 15 is 0 Å². The topological polar surface area (TPSA) is 102 Å². The van der Waals surface area contributed by atoms with Gasteiger partial charge in [0.25, 0.3) is 0 Å². The zero-order valence-corrected chi connectivity index (χ0v) is 15.6. The van der Waals surface area contributed by atoms with Gasteiger partial charge in [0.1, 0.15) is 0 Å². The summed E-state index contributed by atoms with van der Waals surface area (Å²) in [5.41, 5.74) is 11.7. The van der Waals surface area contributed by atoms with Crippen molar-refractivity contribution >= 4 is 35.1 Å². The maximum atomic E-state index is 12.5. The van der Waals surface area contributed by atoms with Gasteiger partial charge in [-0.1, -0.05) is 41.9 Å². The third-order valence-corrected chi connectivity index (χ3v) is 4.89. The third kappa shape index (κ3) is 3.57. The molecule has 4 rings (SSSR count). The van der Waals surface area contributed by atoms with Crippen molar-refractivity contribution in [2.75, 3.05) is 16.5 Å². The number of hydrogen-bond acceptors (Lipinski definition) is 4. The summed E-state index contributed by atoms with van der Waals surface area (Å²) in [7, 11) is 0. The largest absolute Gasteiger partial charge is 0.368 e. The van der Waals surface area contributed by atoms with Gasteiger partial charge in [0.05, 0.1) is 17.3 Å². The number of nitrogens with zero attached hydrogens (tertiary/aromatic N) is 2. The molecular formula is C20H18ClN5O2. The van der Waals surface area contributed by atoms with Gasteiger partial charge in [-0.15, -0.1) is 0 Å². The number of benzene rings is 2. The predicted octanol–water partition coefficient (Wildman–Crippen LogP) is 3.06. The summed E-state index contributed by atoms with van der Waals surface area (Å²) in [4.78, 5) is 29.3. The fraction of sp³-hybridized carbons (Fsp3) is 0.150. The fourth-order valence-corrected chi connectivity index (χ4v) is 3.40. The van der Waals surface area contributed by atoms with Gasteiger partial charge < -0.3 is 11.1 Å². The van der Waals surface area contributed by atoms with Gasteiger partial charge in [-0.25, -0.2) is 9.66 Å². The Kier molecular flexibility index (Phi) is 4.75. The molecule has 0 aliphatic carbocycles. The number of carbonyl (C=O) groups is 2. The Hall–Kier alpha value is -3.32. The minimum atomic E-state index is -0.515. The summed E-state index contributed by atoms with van der Waals surface area (Å²) in [5.74, 6) is -0.809. The molecule has 0 bridgehead atoms. The minimum absolute atomic E-state index is 0.0494. The van der Waals surface area contributed by atoms with E-state index in [9.17, 15) is 9.59 Å². The molecule has 28 heavy (non-hydrogen) atoms. The standard InChI is InChI=1S/C20H18ClN5O2/c21-14-6-8-15(9-7-14)23-17(27)11-13-10-16-18(12-4-2-1-3-5-12)24-20(22)26(16)25-19(13)28/h1-9,13H,10-11H2,(H2,22,24)(H,23,27)(H,25,28). The molecule has 1 aliphatic rings. The lowest BCUT2D eigenvalue weighted by Gasteiger charge is -2.24. The average molecular weight is 396 g/mol. The molecule has 2 heterocycles. The van der Waals surface area contributed by atoms with E-state index in [-0.39, 0.29) is 24.2 Å². The van der Waals surface area contributed by atoms with Crippen LogP contribution in [0.5, 0.6) is 0 Å². The van der Waals surface area contributed by atoms with E-state index in [0.717, 1.165) is 11.3 Å². The van der Waals surface area contributed by atoms with Crippen LogP contribution in [0.1, 0.15) is 12.1 Å². The first-order valence-corrected chi connectivity index (χ1v) is 9.18. The van der Waals surface area contributed by atoms with Crippen molar-refractivity contribution < 1.29 is 9.59 Å². The summed E-state index contributed by atoms with van der Waals surface area (Å²) < 4.78 is 1.50. The molecule has 0 saturated carbocycles. The highest BCUT2D eigenvalue weighted by Gasteiger charge is 2.32. The van der Waals surface area contributed by atoms with Gasteiger partial charge in [-0.05, 0) is 24.3 Å². The van der Waals surface area contributed by atoms with Crippen molar-refractivity contribution in [2.45, 2.75) is 12.8 Å². The zero-order chi connectivity index (χ0) is 19.7. The number of imidazole rings is 1. The predicted molar refractivity (Wildman–Crippen MR) is 108 cm³/mol. The maximum Gasteiger partial charge on any atom is 0.242 e. The number of rotatable bonds is 4. The van der Waals surface area contributed by atoms with Gasteiger partial charge in [0, 0.05) is 29.1 Å². The molecule has 0 spiro atoms. The molecule has 0 saturated heterocycles. The van der Waals surface area contributed by atoms with Crippen LogP contribution in [0.25, 0.3) is 11.3 Å². The molecule has 0 fully saturated rings. The number of nitrogens with one attached hydrogen (secondary N) is 2. The van der Waals surface area contributed by atoms with Crippen LogP contribution in [0.4, 0.5) is 11.6 Å². The van der Waals surface area contributed by atoms with Gasteiger partial charge in [0.15, 0.2) is 0 Å². The zero-order valence-electron chi connectivity index (χ0n) is 14.9. The minimum Gasteiger partial charge on any atom is -0.368 e. The van der Waals surface area contributed by atoms with Crippen LogP contribution in [-0.2, 0) is 16.0 Å². The Labute approximate surface area is 166 Å². The van der Waals surface area contributed by atoms with Crippen LogP contribution in [0.3, 0.4) is 0 Å².